The van der Waals surface area contributed by atoms with Crippen molar-refractivity contribution in [3.8, 4) is 0 Å². The topological polar surface area (TPSA) is 41.0 Å². The van der Waals surface area contributed by atoms with Crippen LogP contribution in [0.25, 0.3) is 0 Å². The number of piperidine rings is 1. The number of anilines is 1. The Bertz CT molecular complexity index is 345. The number of hydrogen-bond donors (Lipinski definition) is 1. The molecule has 1 aromatic rings. The van der Waals surface area contributed by atoms with Crippen molar-refractivity contribution in [2.45, 2.75) is 26.2 Å². The molecular weight excluding hydrogens is 212 g/mol. The van der Waals surface area contributed by atoms with E-state index in [4.69, 9.17) is 0 Å². The summed E-state index contributed by atoms with van der Waals surface area (Å²) in [5, 5.41) is 3.27. The summed E-state index contributed by atoms with van der Waals surface area (Å²) in [4.78, 5) is 11.0. The average molecular weight is 234 g/mol. The SMILES string of the molecule is CCc1cc(N2CCC(CNC)CC2)ncn1. The molecule has 0 aliphatic carbocycles. The summed E-state index contributed by atoms with van der Waals surface area (Å²) in [6.45, 7) is 5.50. The highest BCUT2D eigenvalue weighted by Crippen LogP contribution is 2.21. The molecule has 4 heteroatoms. The van der Waals surface area contributed by atoms with Crippen LogP contribution in [0.2, 0.25) is 0 Å². The molecule has 0 unspecified atom stereocenters. The summed E-state index contributed by atoms with van der Waals surface area (Å²) in [5.41, 5.74) is 1.13. The minimum atomic E-state index is 0.823. The van der Waals surface area contributed by atoms with Crippen LogP contribution in [0.1, 0.15) is 25.5 Å². The van der Waals surface area contributed by atoms with Crippen LogP contribution in [0.4, 0.5) is 5.82 Å². The molecule has 1 saturated heterocycles. The van der Waals surface area contributed by atoms with Crippen molar-refractivity contribution in [1.29, 1.82) is 0 Å². The standard InChI is InChI=1S/C13H22N4/c1-3-12-8-13(16-10-15-12)17-6-4-11(5-7-17)9-14-2/h8,10-11,14H,3-7,9H2,1-2H3. The van der Waals surface area contributed by atoms with Crippen molar-refractivity contribution >= 4 is 5.82 Å². The fourth-order valence-corrected chi connectivity index (χ4v) is 2.41. The van der Waals surface area contributed by atoms with Gasteiger partial charge in [0.2, 0.25) is 0 Å². The van der Waals surface area contributed by atoms with E-state index in [1.54, 1.807) is 6.33 Å². The molecular formula is C13H22N4. The van der Waals surface area contributed by atoms with Gasteiger partial charge >= 0.3 is 0 Å². The van der Waals surface area contributed by atoms with Crippen molar-refractivity contribution in [2.75, 3.05) is 31.6 Å². The summed E-state index contributed by atoms with van der Waals surface area (Å²) < 4.78 is 0. The molecule has 0 bridgehead atoms. The number of aryl methyl sites for hydroxylation is 1. The minimum absolute atomic E-state index is 0.823. The van der Waals surface area contributed by atoms with Gasteiger partial charge in [0.15, 0.2) is 0 Å². The van der Waals surface area contributed by atoms with Crippen LogP contribution in [0.5, 0.6) is 0 Å². The molecule has 1 fully saturated rings. The third-order valence-corrected chi connectivity index (χ3v) is 3.50. The molecule has 17 heavy (non-hydrogen) atoms. The zero-order chi connectivity index (χ0) is 12.1. The number of hydrogen-bond acceptors (Lipinski definition) is 4. The van der Waals surface area contributed by atoms with Gasteiger partial charge in [0.1, 0.15) is 12.1 Å². The van der Waals surface area contributed by atoms with E-state index in [1.165, 1.54) is 12.8 Å². The van der Waals surface area contributed by atoms with Crippen LogP contribution in [-0.4, -0.2) is 36.6 Å². The van der Waals surface area contributed by atoms with Crippen LogP contribution in [0, 0.1) is 5.92 Å². The summed E-state index contributed by atoms with van der Waals surface area (Å²) in [5.74, 6) is 1.92. The van der Waals surface area contributed by atoms with E-state index < -0.39 is 0 Å². The van der Waals surface area contributed by atoms with Crippen molar-refractivity contribution in [3.05, 3.63) is 18.1 Å². The fourth-order valence-electron chi connectivity index (χ4n) is 2.41. The smallest absolute Gasteiger partial charge is 0.132 e. The van der Waals surface area contributed by atoms with E-state index in [-0.39, 0.29) is 0 Å². The van der Waals surface area contributed by atoms with E-state index >= 15 is 0 Å². The van der Waals surface area contributed by atoms with Gasteiger partial charge in [-0.3, -0.25) is 0 Å². The van der Waals surface area contributed by atoms with Gasteiger partial charge < -0.3 is 10.2 Å². The van der Waals surface area contributed by atoms with E-state index in [0.29, 0.717) is 0 Å². The first kappa shape index (κ1) is 12.3. The van der Waals surface area contributed by atoms with E-state index in [2.05, 4.69) is 33.2 Å². The van der Waals surface area contributed by atoms with Crippen LogP contribution in [0.15, 0.2) is 12.4 Å². The van der Waals surface area contributed by atoms with Crippen molar-refractivity contribution in [1.82, 2.24) is 15.3 Å². The number of rotatable bonds is 4. The zero-order valence-corrected chi connectivity index (χ0v) is 10.8. The summed E-state index contributed by atoms with van der Waals surface area (Å²) in [6.07, 6.45) is 5.18. The summed E-state index contributed by atoms with van der Waals surface area (Å²) >= 11 is 0. The van der Waals surface area contributed by atoms with Crippen LogP contribution < -0.4 is 10.2 Å². The van der Waals surface area contributed by atoms with Gasteiger partial charge in [-0.2, -0.15) is 0 Å². The summed E-state index contributed by atoms with van der Waals surface area (Å²) in [7, 11) is 2.03. The Labute approximate surface area is 103 Å². The first-order valence-corrected chi connectivity index (χ1v) is 6.54. The molecule has 2 heterocycles. The molecule has 1 N–H and O–H groups in total. The lowest BCUT2D eigenvalue weighted by atomic mass is 9.97. The average Bonchev–Trinajstić information content (AvgIpc) is 2.40. The molecule has 1 aliphatic heterocycles. The van der Waals surface area contributed by atoms with Gasteiger partial charge in [-0.1, -0.05) is 6.92 Å². The van der Waals surface area contributed by atoms with Gasteiger partial charge in [-0.05, 0) is 38.8 Å². The Morgan fingerprint density at radius 2 is 2.12 bits per heavy atom. The van der Waals surface area contributed by atoms with E-state index in [0.717, 1.165) is 43.5 Å². The number of nitrogens with zero attached hydrogens (tertiary/aromatic N) is 3. The summed E-state index contributed by atoms with van der Waals surface area (Å²) in [6, 6.07) is 2.12. The Morgan fingerprint density at radius 1 is 1.35 bits per heavy atom. The minimum Gasteiger partial charge on any atom is -0.356 e. The Kier molecular flexibility index (Phi) is 4.31. The molecule has 0 saturated carbocycles. The fraction of sp³-hybridized carbons (Fsp3) is 0.692. The van der Waals surface area contributed by atoms with Crippen molar-refractivity contribution in [2.24, 2.45) is 5.92 Å². The Morgan fingerprint density at radius 3 is 2.76 bits per heavy atom. The van der Waals surface area contributed by atoms with Gasteiger partial charge in [0.05, 0.1) is 0 Å². The molecule has 4 nitrogen and oxygen atoms in total. The maximum Gasteiger partial charge on any atom is 0.132 e. The number of aromatic nitrogens is 2. The second kappa shape index (κ2) is 5.96. The molecule has 0 aromatic carbocycles. The third kappa shape index (κ3) is 3.16. The van der Waals surface area contributed by atoms with Gasteiger partial charge in [0.25, 0.3) is 0 Å². The molecule has 1 aliphatic rings. The molecule has 0 atom stereocenters. The van der Waals surface area contributed by atoms with E-state index in [1.807, 2.05) is 7.05 Å². The Balaban J connectivity index is 1.95. The lowest BCUT2D eigenvalue weighted by molar-refractivity contribution is 0.392. The van der Waals surface area contributed by atoms with Crippen LogP contribution >= 0.6 is 0 Å². The highest BCUT2D eigenvalue weighted by Gasteiger charge is 2.19. The third-order valence-electron chi connectivity index (χ3n) is 3.50. The predicted octanol–water partition coefficient (Wildman–Crippen LogP) is 1.47. The molecule has 0 amide bonds. The highest BCUT2D eigenvalue weighted by atomic mass is 15.2. The first-order chi connectivity index (χ1) is 8.33. The normalized spacial score (nSPS) is 17.4. The molecule has 2 rings (SSSR count). The van der Waals surface area contributed by atoms with Crippen molar-refractivity contribution in [3.63, 3.8) is 0 Å². The molecule has 94 valence electrons. The lowest BCUT2D eigenvalue weighted by Gasteiger charge is -2.32. The largest absolute Gasteiger partial charge is 0.356 e. The van der Waals surface area contributed by atoms with E-state index in [9.17, 15) is 0 Å². The molecule has 1 aromatic heterocycles. The lowest BCUT2D eigenvalue weighted by Crippen LogP contribution is -2.37. The van der Waals surface area contributed by atoms with Gasteiger partial charge in [-0.25, -0.2) is 9.97 Å². The quantitative estimate of drug-likeness (QED) is 0.856. The highest BCUT2D eigenvalue weighted by molar-refractivity contribution is 5.39. The van der Waals surface area contributed by atoms with Gasteiger partial charge in [-0.15, -0.1) is 0 Å². The van der Waals surface area contributed by atoms with Crippen molar-refractivity contribution < 1.29 is 0 Å². The maximum atomic E-state index is 4.38. The van der Waals surface area contributed by atoms with Crippen LogP contribution in [-0.2, 0) is 6.42 Å². The monoisotopic (exact) mass is 234 g/mol. The molecule has 0 radical (unpaired) electrons. The van der Waals surface area contributed by atoms with Crippen LogP contribution in [0.3, 0.4) is 0 Å². The second-order valence-corrected chi connectivity index (χ2v) is 4.71. The zero-order valence-electron chi connectivity index (χ0n) is 10.8. The first-order valence-electron chi connectivity index (χ1n) is 6.54. The number of nitrogens with one attached hydrogen (secondary N) is 1. The predicted molar refractivity (Wildman–Crippen MR) is 70.3 cm³/mol. The molecule has 0 spiro atoms. The Hall–Kier alpha value is -1.16. The van der Waals surface area contributed by atoms with Gasteiger partial charge in [0, 0.05) is 24.8 Å². The maximum absolute atomic E-state index is 4.38. The second-order valence-electron chi connectivity index (χ2n) is 4.71.